The highest BCUT2D eigenvalue weighted by Gasteiger charge is 2.25. The minimum Gasteiger partial charge on any atom is -0.314 e. The topological polar surface area (TPSA) is 33.1 Å². The van der Waals surface area contributed by atoms with Gasteiger partial charge in [0.15, 0.2) is 0 Å². The second-order valence-corrected chi connectivity index (χ2v) is 6.72. The van der Waals surface area contributed by atoms with Crippen molar-refractivity contribution in [3.63, 3.8) is 0 Å². The normalized spacial score (nSPS) is 21.3. The lowest BCUT2D eigenvalue weighted by molar-refractivity contribution is 0.131. The van der Waals surface area contributed by atoms with E-state index in [1.54, 1.807) is 0 Å². The van der Waals surface area contributed by atoms with Crippen molar-refractivity contribution in [1.82, 2.24) is 20.0 Å². The van der Waals surface area contributed by atoms with E-state index in [2.05, 4.69) is 52.0 Å². The van der Waals surface area contributed by atoms with Crippen molar-refractivity contribution in [3.8, 4) is 0 Å². The predicted octanol–water partition coefficient (Wildman–Crippen LogP) is 2.31. The van der Waals surface area contributed by atoms with E-state index in [9.17, 15) is 0 Å². The molecule has 2 rings (SSSR count). The molecule has 0 radical (unpaired) electrons. The smallest absolute Gasteiger partial charge is 0.0739 e. The zero-order chi connectivity index (χ0) is 14.0. The molecule has 5 heteroatoms. The molecule has 1 fully saturated rings. The summed E-state index contributed by atoms with van der Waals surface area (Å²) in [4.78, 5) is 2.59. The van der Waals surface area contributed by atoms with E-state index in [0.717, 1.165) is 42.3 Å². The molecule has 0 bridgehead atoms. The Hall–Kier alpha value is -0.390. The summed E-state index contributed by atoms with van der Waals surface area (Å²) in [6.07, 6.45) is 1.25. The first-order valence-corrected chi connectivity index (χ1v) is 7.91. The highest BCUT2D eigenvalue weighted by molar-refractivity contribution is 9.10. The van der Waals surface area contributed by atoms with Crippen molar-refractivity contribution in [3.05, 3.63) is 15.9 Å². The van der Waals surface area contributed by atoms with Crippen LogP contribution < -0.4 is 5.32 Å². The number of nitrogens with one attached hydrogen (secondary N) is 1. The van der Waals surface area contributed by atoms with Crippen molar-refractivity contribution < 1.29 is 0 Å². The van der Waals surface area contributed by atoms with Crippen LogP contribution >= 0.6 is 15.9 Å². The van der Waals surface area contributed by atoms with Crippen LogP contribution in [0.1, 0.15) is 31.7 Å². The van der Waals surface area contributed by atoms with Crippen LogP contribution in [0.4, 0.5) is 0 Å². The van der Waals surface area contributed by atoms with Gasteiger partial charge in [0.1, 0.15) is 0 Å². The van der Waals surface area contributed by atoms with Gasteiger partial charge in [-0.15, -0.1) is 0 Å². The molecule has 108 valence electrons. The predicted molar refractivity (Wildman–Crippen MR) is 82.2 cm³/mol. The van der Waals surface area contributed by atoms with Gasteiger partial charge in [-0.25, -0.2) is 0 Å². The Morgan fingerprint density at radius 2 is 2.21 bits per heavy atom. The lowest BCUT2D eigenvalue weighted by Gasteiger charge is -2.37. The number of aromatic nitrogens is 2. The number of halogens is 1. The Morgan fingerprint density at radius 1 is 1.47 bits per heavy atom. The number of hydrogen-bond donors (Lipinski definition) is 1. The number of piperazine rings is 1. The monoisotopic (exact) mass is 328 g/mol. The van der Waals surface area contributed by atoms with E-state index in [1.165, 1.54) is 12.1 Å². The third-order valence-electron chi connectivity index (χ3n) is 3.83. The van der Waals surface area contributed by atoms with Gasteiger partial charge in [0.05, 0.1) is 15.9 Å². The van der Waals surface area contributed by atoms with Crippen LogP contribution in [0.25, 0.3) is 0 Å². The summed E-state index contributed by atoms with van der Waals surface area (Å²) < 4.78 is 3.17. The van der Waals surface area contributed by atoms with Crippen LogP contribution in [0.2, 0.25) is 0 Å². The standard InChI is InChI=1S/C14H25BrN4/c1-10(2)7-12-8-16-5-6-19(12)9-13-14(15)11(3)17-18(13)4/h10,12,16H,5-9H2,1-4H3. The number of nitrogens with zero attached hydrogens (tertiary/aromatic N) is 3. The molecular weight excluding hydrogens is 304 g/mol. The molecule has 0 amide bonds. The minimum atomic E-state index is 0.635. The molecular formula is C14H25BrN4. The molecule has 1 aliphatic heterocycles. The number of rotatable bonds is 4. The molecule has 4 nitrogen and oxygen atoms in total. The summed E-state index contributed by atoms with van der Waals surface area (Å²) in [6, 6.07) is 0.635. The highest BCUT2D eigenvalue weighted by atomic mass is 79.9. The van der Waals surface area contributed by atoms with E-state index in [1.807, 2.05) is 11.7 Å². The zero-order valence-corrected chi connectivity index (χ0v) is 14.0. The van der Waals surface area contributed by atoms with Gasteiger partial charge in [-0.05, 0) is 35.2 Å². The zero-order valence-electron chi connectivity index (χ0n) is 12.4. The molecule has 1 aliphatic rings. The van der Waals surface area contributed by atoms with E-state index < -0.39 is 0 Å². The quantitative estimate of drug-likeness (QED) is 0.920. The first-order chi connectivity index (χ1) is 8.99. The molecule has 0 saturated carbocycles. The molecule has 1 atom stereocenters. The van der Waals surface area contributed by atoms with Gasteiger partial charge >= 0.3 is 0 Å². The van der Waals surface area contributed by atoms with E-state index in [0.29, 0.717) is 6.04 Å². The SMILES string of the molecule is Cc1nn(C)c(CN2CCNCC2CC(C)C)c1Br. The molecule has 1 N–H and O–H groups in total. The fourth-order valence-corrected chi connectivity index (χ4v) is 3.29. The molecule has 0 aromatic carbocycles. The molecule has 0 spiro atoms. The Kier molecular flexibility index (Phi) is 5.03. The molecule has 1 unspecified atom stereocenters. The van der Waals surface area contributed by atoms with Crippen LogP contribution in [0.3, 0.4) is 0 Å². The second-order valence-electron chi connectivity index (χ2n) is 5.93. The maximum absolute atomic E-state index is 4.49. The Labute approximate surface area is 124 Å². The summed E-state index contributed by atoms with van der Waals surface area (Å²) in [7, 11) is 2.03. The summed E-state index contributed by atoms with van der Waals surface area (Å²) in [5.41, 5.74) is 2.36. The van der Waals surface area contributed by atoms with Crippen LogP contribution in [-0.4, -0.2) is 40.4 Å². The van der Waals surface area contributed by atoms with Gasteiger partial charge in [0, 0.05) is 39.3 Å². The van der Waals surface area contributed by atoms with E-state index >= 15 is 0 Å². The average molecular weight is 329 g/mol. The molecule has 19 heavy (non-hydrogen) atoms. The number of aryl methyl sites for hydroxylation is 2. The number of hydrogen-bond acceptors (Lipinski definition) is 3. The van der Waals surface area contributed by atoms with Crippen molar-refractivity contribution in [2.45, 2.75) is 39.8 Å². The Balaban J connectivity index is 2.10. The fourth-order valence-electron chi connectivity index (χ4n) is 2.83. The van der Waals surface area contributed by atoms with Crippen LogP contribution in [0, 0.1) is 12.8 Å². The molecule has 1 saturated heterocycles. The summed E-state index contributed by atoms with van der Waals surface area (Å²) in [5.74, 6) is 0.740. The lowest BCUT2D eigenvalue weighted by Crippen LogP contribution is -2.51. The van der Waals surface area contributed by atoms with Gasteiger partial charge < -0.3 is 5.32 Å². The maximum atomic E-state index is 4.49. The van der Waals surface area contributed by atoms with Crippen molar-refractivity contribution in [1.29, 1.82) is 0 Å². The molecule has 2 heterocycles. The van der Waals surface area contributed by atoms with Crippen molar-refractivity contribution in [2.24, 2.45) is 13.0 Å². The van der Waals surface area contributed by atoms with Gasteiger partial charge in [0.2, 0.25) is 0 Å². The fraction of sp³-hybridized carbons (Fsp3) is 0.786. The molecule has 1 aromatic rings. The highest BCUT2D eigenvalue weighted by Crippen LogP contribution is 2.24. The second kappa shape index (κ2) is 6.37. The summed E-state index contributed by atoms with van der Waals surface area (Å²) in [5, 5.41) is 8.00. The van der Waals surface area contributed by atoms with Gasteiger partial charge in [-0.2, -0.15) is 5.10 Å². The molecule has 1 aromatic heterocycles. The Bertz CT molecular complexity index is 427. The summed E-state index contributed by atoms with van der Waals surface area (Å²) >= 11 is 3.67. The Morgan fingerprint density at radius 3 is 2.79 bits per heavy atom. The largest absolute Gasteiger partial charge is 0.314 e. The van der Waals surface area contributed by atoms with Crippen molar-refractivity contribution in [2.75, 3.05) is 19.6 Å². The maximum Gasteiger partial charge on any atom is 0.0739 e. The summed E-state index contributed by atoms with van der Waals surface area (Å²) in [6.45, 7) is 10.9. The first kappa shape index (κ1) is 15.0. The third-order valence-corrected chi connectivity index (χ3v) is 4.86. The molecule has 0 aliphatic carbocycles. The van der Waals surface area contributed by atoms with E-state index in [4.69, 9.17) is 0 Å². The lowest BCUT2D eigenvalue weighted by atomic mass is 10.0. The minimum absolute atomic E-state index is 0.635. The van der Waals surface area contributed by atoms with Crippen LogP contribution in [-0.2, 0) is 13.6 Å². The van der Waals surface area contributed by atoms with Crippen molar-refractivity contribution >= 4 is 15.9 Å². The van der Waals surface area contributed by atoms with Gasteiger partial charge in [0.25, 0.3) is 0 Å². The van der Waals surface area contributed by atoms with Gasteiger partial charge in [-0.3, -0.25) is 9.58 Å². The van der Waals surface area contributed by atoms with Gasteiger partial charge in [-0.1, -0.05) is 13.8 Å². The first-order valence-electron chi connectivity index (χ1n) is 7.11. The average Bonchev–Trinajstić information content (AvgIpc) is 2.57. The van der Waals surface area contributed by atoms with E-state index in [-0.39, 0.29) is 0 Å². The third kappa shape index (κ3) is 3.58. The van der Waals surface area contributed by atoms with Crippen LogP contribution in [0.15, 0.2) is 4.47 Å². The van der Waals surface area contributed by atoms with Crippen LogP contribution in [0.5, 0.6) is 0 Å².